The summed E-state index contributed by atoms with van der Waals surface area (Å²) in [5.74, 6) is 0. The number of allylic oxidation sites excluding steroid dienone is 4. The van der Waals surface area contributed by atoms with Gasteiger partial charge in [-0.05, 0) is 52.3 Å². The maximum atomic E-state index is 2.30. The van der Waals surface area contributed by atoms with Crippen LogP contribution in [0, 0.1) is 0 Å². The summed E-state index contributed by atoms with van der Waals surface area (Å²) in [7, 11) is 0. The van der Waals surface area contributed by atoms with Crippen LogP contribution in [0.15, 0.2) is 60.2 Å². The first kappa shape index (κ1) is 11.5. The van der Waals surface area contributed by atoms with Crippen LogP contribution in [0.5, 0.6) is 0 Å². The average Bonchev–Trinajstić information content (AvgIpc) is 2.82. The Bertz CT molecular complexity index is 785. The van der Waals surface area contributed by atoms with Crippen molar-refractivity contribution in [1.82, 2.24) is 0 Å². The summed E-state index contributed by atoms with van der Waals surface area (Å²) in [6.45, 7) is 2.23. The minimum absolute atomic E-state index is 1.02. The van der Waals surface area contributed by atoms with E-state index in [1.54, 1.807) is 0 Å². The summed E-state index contributed by atoms with van der Waals surface area (Å²) in [5.41, 5.74) is 9.71. The zero-order chi connectivity index (χ0) is 13.5. The third kappa shape index (κ3) is 1.61. The van der Waals surface area contributed by atoms with Crippen molar-refractivity contribution >= 4 is 23.3 Å². The quantitative estimate of drug-likeness (QED) is 0.589. The smallest absolute Gasteiger partial charge is 0.00817 e. The molecule has 2 aliphatic rings. The molecule has 0 bridgehead atoms. The number of benzene rings is 2. The fourth-order valence-electron chi connectivity index (χ4n) is 3.34. The molecule has 0 radical (unpaired) electrons. The molecule has 96 valence electrons. The van der Waals surface area contributed by atoms with Crippen molar-refractivity contribution < 1.29 is 0 Å². The Morgan fingerprint density at radius 2 is 1.50 bits per heavy atom. The molecule has 0 fully saturated rings. The fraction of sp³-hybridized carbons (Fsp3) is 0.100. The molecule has 2 aromatic rings. The molecule has 0 saturated heterocycles. The second-order valence-electron chi connectivity index (χ2n) is 5.46. The van der Waals surface area contributed by atoms with E-state index in [4.69, 9.17) is 0 Å². The van der Waals surface area contributed by atoms with E-state index in [1.807, 2.05) is 0 Å². The van der Waals surface area contributed by atoms with E-state index in [1.165, 1.54) is 39.0 Å². The van der Waals surface area contributed by atoms with Crippen molar-refractivity contribution in [3.8, 4) is 0 Å². The fourth-order valence-corrected chi connectivity index (χ4v) is 3.34. The second kappa shape index (κ2) is 4.35. The van der Waals surface area contributed by atoms with E-state index in [9.17, 15) is 0 Å². The average molecular weight is 256 g/mol. The van der Waals surface area contributed by atoms with Crippen molar-refractivity contribution in [3.05, 3.63) is 82.4 Å². The molecular formula is C20H16. The Morgan fingerprint density at radius 1 is 0.800 bits per heavy atom. The van der Waals surface area contributed by atoms with Crippen LogP contribution in [0.3, 0.4) is 0 Å². The molecule has 0 aliphatic heterocycles. The zero-order valence-electron chi connectivity index (χ0n) is 11.6. The van der Waals surface area contributed by atoms with E-state index in [0.29, 0.717) is 0 Å². The molecule has 0 saturated carbocycles. The molecule has 0 heterocycles. The predicted octanol–water partition coefficient (Wildman–Crippen LogP) is 5.43. The van der Waals surface area contributed by atoms with Crippen LogP contribution in [0.25, 0.3) is 23.3 Å². The van der Waals surface area contributed by atoms with Crippen LogP contribution in [0.2, 0.25) is 0 Å². The van der Waals surface area contributed by atoms with Crippen LogP contribution < -0.4 is 0 Å². The number of fused-ring (bicyclic) bond motifs is 2. The molecule has 0 nitrogen and oxygen atoms in total. The van der Waals surface area contributed by atoms with Crippen molar-refractivity contribution in [2.45, 2.75) is 13.3 Å². The van der Waals surface area contributed by atoms with Crippen LogP contribution in [-0.4, -0.2) is 0 Å². The molecule has 20 heavy (non-hydrogen) atoms. The first-order valence-electron chi connectivity index (χ1n) is 7.12. The lowest BCUT2D eigenvalue weighted by molar-refractivity contribution is 1.35. The largest absolute Gasteiger partial charge is 0.0795 e. The molecule has 2 aromatic carbocycles. The highest BCUT2D eigenvalue weighted by Gasteiger charge is 2.21. The Morgan fingerprint density at radius 3 is 2.35 bits per heavy atom. The topological polar surface area (TPSA) is 0 Å². The molecule has 0 spiro atoms. The van der Waals surface area contributed by atoms with Gasteiger partial charge < -0.3 is 0 Å². The molecule has 0 N–H and O–H groups in total. The van der Waals surface area contributed by atoms with E-state index in [2.05, 4.69) is 73.7 Å². The van der Waals surface area contributed by atoms with Gasteiger partial charge in [0.25, 0.3) is 0 Å². The van der Waals surface area contributed by atoms with Crippen molar-refractivity contribution in [2.24, 2.45) is 0 Å². The van der Waals surface area contributed by atoms with Crippen LogP contribution >= 0.6 is 0 Å². The Hall–Kier alpha value is -2.34. The van der Waals surface area contributed by atoms with E-state index in [-0.39, 0.29) is 0 Å². The van der Waals surface area contributed by atoms with Crippen molar-refractivity contribution in [3.63, 3.8) is 0 Å². The second-order valence-corrected chi connectivity index (χ2v) is 5.46. The molecule has 0 amide bonds. The van der Waals surface area contributed by atoms with E-state index >= 15 is 0 Å². The minimum atomic E-state index is 1.02. The Balaban J connectivity index is 2.01. The Labute approximate surface area is 119 Å². The lowest BCUT2D eigenvalue weighted by atomic mass is 9.85. The van der Waals surface area contributed by atoms with Crippen molar-refractivity contribution in [2.75, 3.05) is 0 Å². The highest BCUT2D eigenvalue weighted by atomic mass is 14.3. The van der Waals surface area contributed by atoms with Gasteiger partial charge in [-0.15, -0.1) is 0 Å². The summed E-state index contributed by atoms with van der Waals surface area (Å²) < 4.78 is 0. The molecule has 0 heteroatoms. The van der Waals surface area contributed by atoms with E-state index < -0.39 is 0 Å². The molecule has 2 aliphatic carbocycles. The van der Waals surface area contributed by atoms with Gasteiger partial charge in [0.1, 0.15) is 0 Å². The van der Waals surface area contributed by atoms with Gasteiger partial charge in [-0.25, -0.2) is 0 Å². The normalized spacial score (nSPS) is 19.6. The van der Waals surface area contributed by atoms with Gasteiger partial charge in [-0.2, -0.15) is 0 Å². The first-order valence-corrected chi connectivity index (χ1v) is 7.12. The van der Waals surface area contributed by atoms with Gasteiger partial charge in [0, 0.05) is 0 Å². The third-order valence-electron chi connectivity index (χ3n) is 4.20. The molecule has 0 atom stereocenters. The van der Waals surface area contributed by atoms with Gasteiger partial charge in [0.05, 0.1) is 0 Å². The predicted molar refractivity (Wildman–Crippen MR) is 87.0 cm³/mol. The van der Waals surface area contributed by atoms with Crippen molar-refractivity contribution in [1.29, 1.82) is 0 Å². The number of hydrogen-bond acceptors (Lipinski definition) is 0. The minimum Gasteiger partial charge on any atom is -0.0795 e. The van der Waals surface area contributed by atoms with Gasteiger partial charge in [-0.3, -0.25) is 0 Å². The zero-order valence-corrected chi connectivity index (χ0v) is 11.6. The highest BCUT2D eigenvalue weighted by Crippen LogP contribution is 2.43. The van der Waals surface area contributed by atoms with Gasteiger partial charge in [0.2, 0.25) is 0 Å². The first-order chi connectivity index (χ1) is 9.84. The molecule has 0 unspecified atom stereocenters. The standard InChI is InChI=1S/C20H16/c1-14-13-16-8-3-5-11-18(16)20(14)19-12-6-9-15-7-2-4-10-17(15)19/h2-11,13H,12H2,1H3/b20-19+. The number of rotatable bonds is 0. The summed E-state index contributed by atoms with van der Waals surface area (Å²) in [4.78, 5) is 0. The molecule has 4 rings (SSSR count). The summed E-state index contributed by atoms with van der Waals surface area (Å²) in [6.07, 6.45) is 7.84. The third-order valence-corrected chi connectivity index (χ3v) is 4.20. The van der Waals surface area contributed by atoms with Gasteiger partial charge in [0.15, 0.2) is 0 Å². The summed E-state index contributed by atoms with van der Waals surface area (Å²) in [6, 6.07) is 17.4. The Kier molecular flexibility index (Phi) is 2.50. The maximum absolute atomic E-state index is 2.30. The molecule has 0 aromatic heterocycles. The lowest BCUT2D eigenvalue weighted by Crippen LogP contribution is -1.97. The van der Waals surface area contributed by atoms with E-state index in [0.717, 1.165) is 6.42 Å². The van der Waals surface area contributed by atoms with Crippen LogP contribution in [-0.2, 0) is 0 Å². The monoisotopic (exact) mass is 256 g/mol. The lowest BCUT2D eigenvalue weighted by Gasteiger charge is -2.18. The maximum Gasteiger partial charge on any atom is -0.00817 e. The van der Waals surface area contributed by atoms with Crippen LogP contribution in [0.1, 0.15) is 35.6 Å². The SMILES string of the molecule is CC1=Cc2ccccc2/C1=C1\CC=Cc2ccccc21. The highest BCUT2D eigenvalue weighted by molar-refractivity contribution is 6.07. The summed E-state index contributed by atoms with van der Waals surface area (Å²) in [5, 5.41) is 0. The van der Waals surface area contributed by atoms with Gasteiger partial charge >= 0.3 is 0 Å². The van der Waals surface area contributed by atoms with Gasteiger partial charge in [-0.1, -0.05) is 66.8 Å². The van der Waals surface area contributed by atoms with Crippen LogP contribution in [0.4, 0.5) is 0 Å². The molecular weight excluding hydrogens is 240 g/mol. The summed E-state index contributed by atoms with van der Waals surface area (Å²) >= 11 is 0. The number of hydrogen-bond donors (Lipinski definition) is 0.